The van der Waals surface area contributed by atoms with Crippen molar-refractivity contribution in [2.45, 2.75) is 33.2 Å². The lowest BCUT2D eigenvalue weighted by Crippen LogP contribution is -2.02. The lowest BCUT2D eigenvalue weighted by atomic mass is 10.2. The van der Waals surface area contributed by atoms with Gasteiger partial charge in [0.2, 0.25) is 0 Å². The molecule has 0 unspecified atom stereocenters. The fraction of sp³-hybridized carbons (Fsp3) is 0.750. The van der Waals surface area contributed by atoms with Gasteiger partial charge in [0.25, 0.3) is 0 Å². The van der Waals surface area contributed by atoms with Crippen LogP contribution in [0.4, 0.5) is 0 Å². The summed E-state index contributed by atoms with van der Waals surface area (Å²) in [5, 5.41) is 8.09. The van der Waals surface area contributed by atoms with Crippen LogP contribution in [0, 0.1) is 6.92 Å². The topological polar surface area (TPSA) is 56.7 Å². The van der Waals surface area contributed by atoms with Gasteiger partial charge in [-0.3, -0.25) is 0 Å². The molecule has 0 aromatic carbocycles. The third kappa shape index (κ3) is 1.82. The first-order valence-corrected chi connectivity index (χ1v) is 4.38. The molecule has 0 amide bonds. The summed E-state index contributed by atoms with van der Waals surface area (Å²) in [5.41, 5.74) is 7.67. The second-order valence-corrected chi connectivity index (χ2v) is 2.83. The van der Waals surface area contributed by atoms with E-state index < -0.39 is 0 Å². The highest BCUT2D eigenvalue weighted by Crippen LogP contribution is 2.05. The number of nitrogens with two attached hydrogens (primary N) is 1. The molecule has 0 saturated heterocycles. The maximum atomic E-state index is 5.41. The average molecular weight is 168 g/mol. The predicted molar refractivity (Wildman–Crippen MR) is 47.8 cm³/mol. The summed E-state index contributed by atoms with van der Waals surface area (Å²) in [4.78, 5) is 0. The smallest absolute Gasteiger partial charge is 0.0856 e. The van der Waals surface area contributed by atoms with E-state index >= 15 is 0 Å². The normalized spacial score (nSPS) is 10.6. The highest BCUT2D eigenvalue weighted by atomic mass is 15.4. The van der Waals surface area contributed by atoms with Gasteiger partial charge in [0.05, 0.1) is 11.4 Å². The molecule has 0 aliphatic carbocycles. The Bertz CT molecular complexity index is 241. The van der Waals surface area contributed by atoms with Crippen molar-refractivity contribution in [2.24, 2.45) is 5.73 Å². The van der Waals surface area contributed by atoms with Crippen molar-refractivity contribution in [3.05, 3.63) is 11.4 Å². The quantitative estimate of drug-likeness (QED) is 0.712. The molecule has 0 atom stereocenters. The van der Waals surface area contributed by atoms with Crippen molar-refractivity contribution in [3.8, 4) is 0 Å². The standard InChI is InChI=1S/C8H16N4/c1-3-12-7(2)8(10-11-12)5-4-6-9/h3-6,9H2,1-2H3. The molecule has 0 aliphatic heterocycles. The van der Waals surface area contributed by atoms with E-state index in [1.54, 1.807) is 0 Å². The molecule has 0 fully saturated rings. The summed E-state index contributed by atoms with van der Waals surface area (Å²) in [6.45, 7) is 5.73. The van der Waals surface area contributed by atoms with Gasteiger partial charge in [0.1, 0.15) is 0 Å². The van der Waals surface area contributed by atoms with E-state index in [4.69, 9.17) is 5.73 Å². The van der Waals surface area contributed by atoms with E-state index in [1.165, 1.54) is 5.69 Å². The van der Waals surface area contributed by atoms with Crippen molar-refractivity contribution in [1.82, 2.24) is 15.0 Å². The van der Waals surface area contributed by atoms with E-state index in [0.717, 1.165) is 31.6 Å². The Morgan fingerprint density at radius 1 is 1.50 bits per heavy atom. The van der Waals surface area contributed by atoms with Crippen LogP contribution < -0.4 is 5.73 Å². The summed E-state index contributed by atoms with van der Waals surface area (Å²) >= 11 is 0. The fourth-order valence-electron chi connectivity index (χ4n) is 1.20. The number of aryl methyl sites for hydroxylation is 2. The lowest BCUT2D eigenvalue weighted by Gasteiger charge is -1.98. The summed E-state index contributed by atoms with van der Waals surface area (Å²) in [6, 6.07) is 0. The SMILES string of the molecule is CCn1nnc(CCCN)c1C. The minimum absolute atomic E-state index is 0.721. The first-order chi connectivity index (χ1) is 5.79. The van der Waals surface area contributed by atoms with E-state index in [9.17, 15) is 0 Å². The highest BCUT2D eigenvalue weighted by Gasteiger charge is 2.05. The second kappa shape index (κ2) is 4.21. The van der Waals surface area contributed by atoms with Gasteiger partial charge in [0.15, 0.2) is 0 Å². The molecule has 0 aliphatic rings. The van der Waals surface area contributed by atoms with Crippen LogP contribution in [-0.2, 0) is 13.0 Å². The molecule has 1 rings (SSSR count). The van der Waals surface area contributed by atoms with E-state index in [-0.39, 0.29) is 0 Å². The summed E-state index contributed by atoms with van der Waals surface area (Å²) in [6.07, 6.45) is 1.94. The van der Waals surface area contributed by atoms with Crippen LogP contribution in [-0.4, -0.2) is 21.5 Å². The van der Waals surface area contributed by atoms with Gasteiger partial charge in [0, 0.05) is 6.54 Å². The lowest BCUT2D eigenvalue weighted by molar-refractivity contribution is 0.611. The Morgan fingerprint density at radius 3 is 2.75 bits per heavy atom. The van der Waals surface area contributed by atoms with Gasteiger partial charge in [-0.05, 0) is 33.2 Å². The van der Waals surface area contributed by atoms with Crippen LogP contribution in [0.15, 0.2) is 0 Å². The van der Waals surface area contributed by atoms with Crippen molar-refractivity contribution < 1.29 is 0 Å². The van der Waals surface area contributed by atoms with Crippen LogP contribution in [0.1, 0.15) is 24.7 Å². The zero-order chi connectivity index (χ0) is 8.97. The van der Waals surface area contributed by atoms with Gasteiger partial charge < -0.3 is 5.73 Å². The Labute approximate surface area is 72.8 Å². The molecule has 12 heavy (non-hydrogen) atoms. The van der Waals surface area contributed by atoms with E-state index in [0.29, 0.717) is 0 Å². The number of nitrogens with zero attached hydrogens (tertiary/aromatic N) is 3. The molecule has 0 saturated carbocycles. The molecule has 68 valence electrons. The molecular weight excluding hydrogens is 152 g/mol. The van der Waals surface area contributed by atoms with Crippen LogP contribution in [0.3, 0.4) is 0 Å². The molecule has 0 radical (unpaired) electrons. The molecule has 0 spiro atoms. The Morgan fingerprint density at radius 2 is 2.25 bits per heavy atom. The average Bonchev–Trinajstić information content (AvgIpc) is 2.43. The number of aromatic nitrogens is 3. The minimum Gasteiger partial charge on any atom is -0.330 e. The second-order valence-electron chi connectivity index (χ2n) is 2.83. The van der Waals surface area contributed by atoms with Crippen molar-refractivity contribution in [1.29, 1.82) is 0 Å². The van der Waals surface area contributed by atoms with Crippen LogP contribution in [0.5, 0.6) is 0 Å². The maximum Gasteiger partial charge on any atom is 0.0856 e. The Hall–Kier alpha value is -0.900. The van der Waals surface area contributed by atoms with Crippen molar-refractivity contribution in [2.75, 3.05) is 6.54 Å². The molecule has 4 nitrogen and oxygen atoms in total. The van der Waals surface area contributed by atoms with Gasteiger partial charge in [-0.2, -0.15) is 0 Å². The molecule has 1 aromatic rings. The van der Waals surface area contributed by atoms with Gasteiger partial charge in [-0.25, -0.2) is 4.68 Å². The van der Waals surface area contributed by atoms with Crippen LogP contribution >= 0.6 is 0 Å². The van der Waals surface area contributed by atoms with Gasteiger partial charge >= 0.3 is 0 Å². The van der Waals surface area contributed by atoms with Crippen LogP contribution in [0.25, 0.3) is 0 Å². The molecule has 0 bridgehead atoms. The van der Waals surface area contributed by atoms with Gasteiger partial charge in [-0.1, -0.05) is 5.21 Å². The Balaban J connectivity index is 2.66. The summed E-state index contributed by atoms with van der Waals surface area (Å²) in [7, 11) is 0. The molecular formula is C8H16N4. The molecule has 2 N–H and O–H groups in total. The van der Waals surface area contributed by atoms with Gasteiger partial charge in [-0.15, -0.1) is 5.10 Å². The summed E-state index contributed by atoms with van der Waals surface area (Å²) < 4.78 is 1.91. The highest BCUT2D eigenvalue weighted by molar-refractivity contribution is 5.07. The number of hydrogen-bond donors (Lipinski definition) is 1. The number of hydrogen-bond acceptors (Lipinski definition) is 3. The molecule has 1 heterocycles. The Kier molecular flexibility index (Phi) is 3.22. The fourth-order valence-corrected chi connectivity index (χ4v) is 1.20. The van der Waals surface area contributed by atoms with E-state index in [1.807, 2.05) is 4.68 Å². The first kappa shape index (κ1) is 9.19. The zero-order valence-corrected chi connectivity index (χ0v) is 7.75. The largest absolute Gasteiger partial charge is 0.330 e. The molecule has 1 aromatic heterocycles. The van der Waals surface area contributed by atoms with Crippen LogP contribution in [0.2, 0.25) is 0 Å². The first-order valence-electron chi connectivity index (χ1n) is 4.38. The molecule has 4 heteroatoms. The minimum atomic E-state index is 0.721. The number of rotatable bonds is 4. The predicted octanol–water partition coefficient (Wildman–Crippen LogP) is 0.498. The van der Waals surface area contributed by atoms with Crippen molar-refractivity contribution >= 4 is 0 Å². The van der Waals surface area contributed by atoms with E-state index in [2.05, 4.69) is 24.2 Å². The third-order valence-corrected chi connectivity index (χ3v) is 2.00. The van der Waals surface area contributed by atoms with Crippen molar-refractivity contribution in [3.63, 3.8) is 0 Å². The summed E-state index contributed by atoms with van der Waals surface area (Å²) in [5.74, 6) is 0. The zero-order valence-electron chi connectivity index (χ0n) is 7.75. The monoisotopic (exact) mass is 168 g/mol. The maximum absolute atomic E-state index is 5.41. The third-order valence-electron chi connectivity index (χ3n) is 2.00.